The summed E-state index contributed by atoms with van der Waals surface area (Å²) in [5.41, 5.74) is 5.76. The van der Waals surface area contributed by atoms with Gasteiger partial charge >= 0.3 is 0 Å². The van der Waals surface area contributed by atoms with Crippen molar-refractivity contribution >= 4 is 0 Å². The Balaban J connectivity index is 2.71. The number of hydrogen-bond donors (Lipinski definition) is 1. The van der Waals surface area contributed by atoms with Gasteiger partial charge in [-0.25, -0.2) is 10.4 Å². The predicted octanol–water partition coefficient (Wildman–Crippen LogP) is 1.88. The van der Waals surface area contributed by atoms with Gasteiger partial charge in [0.05, 0.1) is 0 Å². The molecule has 1 unspecified atom stereocenters. The summed E-state index contributed by atoms with van der Waals surface area (Å²) in [6, 6.07) is 0.417. The van der Waals surface area contributed by atoms with Gasteiger partial charge in [-0.05, 0) is 18.9 Å². The first-order valence-electron chi connectivity index (χ1n) is 4.61. The molecule has 13 heavy (non-hydrogen) atoms. The van der Waals surface area contributed by atoms with Crippen LogP contribution in [0.1, 0.15) is 13.3 Å². The van der Waals surface area contributed by atoms with Crippen LogP contribution in [0.5, 0.6) is 0 Å². The van der Waals surface area contributed by atoms with Gasteiger partial charge in [-0.1, -0.05) is 30.9 Å². The average molecular weight is 178 g/mol. The fraction of sp³-hybridized carbons (Fsp3) is 0.455. The molecule has 2 heteroatoms. The summed E-state index contributed by atoms with van der Waals surface area (Å²) in [6.45, 7) is 10.8. The van der Waals surface area contributed by atoms with Crippen molar-refractivity contribution in [2.24, 2.45) is 0 Å². The standard InChI is InChI=1S/C11H18N2/c1-5-6-10(9(2)3)11-7-8-13(4)12-11/h5-6,11-12H,1-2,7-8H2,3-4H3/b10-6+. The highest BCUT2D eigenvalue weighted by Gasteiger charge is 2.21. The number of hydrazine groups is 1. The number of rotatable bonds is 3. The van der Waals surface area contributed by atoms with E-state index in [1.807, 2.05) is 19.1 Å². The van der Waals surface area contributed by atoms with Gasteiger partial charge in [0, 0.05) is 19.6 Å². The van der Waals surface area contributed by atoms with E-state index >= 15 is 0 Å². The Morgan fingerprint density at radius 3 is 2.69 bits per heavy atom. The molecule has 1 atom stereocenters. The van der Waals surface area contributed by atoms with E-state index in [1.54, 1.807) is 0 Å². The zero-order valence-electron chi connectivity index (χ0n) is 8.51. The summed E-state index contributed by atoms with van der Waals surface area (Å²) in [5.74, 6) is 0. The first-order chi connectivity index (χ1) is 6.15. The van der Waals surface area contributed by atoms with E-state index in [2.05, 4.69) is 30.6 Å². The number of nitrogens with one attached hydrogen (secondary N) is 1. The molecule has 1 rings (SSSR count). The predicted molar refractivity (Wildman–Crippen MR) is 57.3 cm³/mol. The third kappa shape index (κ3) is 2.54. The fourth-order valence-corrected chi connectivity index (χ4v) is 1.63. The lowest BCUT2D eigenvalue weighted by Crippen LogP contribution is -2.33. The first-order valence-corrected chi connectivity index (χ1v) is 4.61. The van der Waals surface area contributed by atoms with Gasteiger partial charge < -0.3 is 0 Å². The topological polar surface area (TPSA) is 15.3 Å². The maximum atomic E-state index is 3.97. The van der Waals surface area contributed by atoms with E-state index < -0.39 is 0 Å². The number of allylic oxidation sites excluding steroid dienone is 2. The zero-order chi connectivity index (χ0) is 9.84. The Hall–Kier alpha value is -0.860. The quantitative estimate of drug-likeness (QED) is 0.664. The molecule has 0 bridgehead atoms. The molecule has 0 saturated carbocycles. The molecule has 2 nitrogen and oxygen atoms in total. The lowest BCUT2D eigenvalue weighted by Gasteiger charge is -2.16. The Labute approximate surface area is 80.6 Å². The second kappa shape index (κ2) is 4.40. The van der Waals surface area contributed by atoms with Gasteiger partial charge in [-0.15, -0.1) is 0 Å². The van der Waals surface area contributed by atoms with Crippen molar-refractivity contribution in [2.45, 2.75) is 19.4 Å². The maximum Gasteiger partial charge on any atom is 0.0479 e. The smallest absolute Gasteiger partial charge is 0.0479 e. The second-order valence-electron chi connectivity index (χ2n) is 3.53. The van der Waals surface area contributed by atoms with E-state index in [4.69, 9.17) is 0 Å². The summed E-state index contributed by atoms with van der Waals surface area (Å²) in [4.78, 5) is 0. The molecule has 0 aromatic heterocycles. The van der Waals surface area contributed by atoms with E-state index in [0.717, 1.165) is 18.5 Å². The van der Waals surface area contributed by atoms with Gasteiger partial charge in [0.15, 0.2) is 0 Å². The fourth-order valence-electron chi connectivity index (χ4n) is 1.63. The molecule has 0 aromatic rings. The first kappa shape index (κ1) is 10.2. The van der Waals surface area contributed by atoms with Crippen molar-refractivity contribution in [1.29, 1.82) is 0 Å². The molecule has 1 N–H and O–H groups in total. The van der Waals surface area contributed by atoms with Crippen molar-refractivity contribution in [1.82, 2.24) is 10.4 Å². The van der Waals surface area contributed by atoms with Gasteiger partial charge in [-0.2, -0.15) is 0 Å². The van der Waals surface area contributed by atoms with Gasteiger partial charge in [-0.3, -0.25) is 0 Å². The highest BCUT2D eigenvalue weighted by Crippen LogP contribution is 2.18. The molecule has 1 saturated heterocycles. The molecule has 72 valence electrons. The average Bonchev–Trinajstić information content (AvgIpc) is 2.46. The third-order valence-corrected chi connectivity index (χ3v) is 2.30. The molecule has 1 aliphatic rings. The lowest BCUT2D eigenvalue weighted by molar-refractivity contribution is 0.301. The second-order valence-corrected chi connectivity index (χ2v) is 3.53. The minimum Gasteiger partial charge on any atom is -0.248 e. The lowest BCUT2D eigenvalue weighted by atomic mass is 9.99. The molecule has 1 heterocycles. The Bertz CT molecular complexity index is 240. The monoisotopic (exact) mass is 178 g/mol. The van der Waals surface area contributed by atoms with Crippen molar-refractivity contribution in [3.05, 3.63) is 36.5 Å². The van der Waals surface area contributed by atoms with Crippen LogP contribution in [0.15, 0.2) is 36.5 Å². The molecule has 0 radical (unpaired) electrons. The Kier molecular flexibility index (Phi) is 3.46. The molecule has 1 fully saturated rings. The normalized spacial score (nSPS) is 24.8. The van der Waals surface area contributed by atoms with E-state index in [-0.39, 0.29) is 0 Å². The molecule has 0 amide bonds. The molecular formula is C11H18N2. The Morgan fingerprint density at radius 2 is 2.31 bits per heavy atom. The number of nitrogens with zero attached hydrogens (tertiary/aromatic N) is 1. The van der Waals surface area contributed by atoms with Crippen LogP contribution in [0.25, 0.3) is 0 Å². The molecular weight excluding hydrogens is 160 g/mol. The largest absolute Gasteiger partial charge is 0.248 e. The zero-order valence-corrected chi connectivity index (χ0v) is 8.51. The van der Waals surface area contributed by atoms with Crippen molar-refractivity contribution in [3.8, 4) is 0 Å². The van der Waals surface area contributed by atoms with Crippen LogP contribution in [0.4, 0.5) is 0 Å². The van der Waals surface area contributed by atoms with Crippen LogP contribution in [0.2, 0.25) is 0 Å². The molecule has 0 aliphatic carbocycles. The highest BCUT2D eigenvalue weighted by molar-refractivity contribution is 5.34. The van der Waals surface area contributed by atoms with Gasteiger partial charge in [0.1, 0.15) is 0 Å². The molecule has 0 aromatic carbocycles. The van der Waals surface area contributed by atoms with Crippen LogP contribution in [0.3, 0.4) is 0 Å². The summed E-state index contributed by atoms with van der Waals surface area (Å²) in [6.07, 6.45) is 5.01. The van der Waals surface area contributed by atoms with Crippen molar-refractivity contribution < 1.29 is 0 Å². The van der Waals surface area contributed by atoms with Gasteiger partial charge in [0.25, 0.3) is 0 Å². The van der Waals surface area contributed by atoms with Crippen molar-refractivity contribution in [2.75, 3.05) is 13.6 Å². The summed E-state index contributed by atoms with van der Waals surface area (Å²) in [5, 5.41) is 2.12. The maximum absolute atomic E-state index is 3.97. The highest BCUT2D eigenvalue weighted by atomic mass is 15.5. The van der Waals surface area contributed by atoms with Gasteiger partial charge in [0.2, 0.25) is 0 Å². The van der Waals surface area contributed by atoms with Crippen LogP contribution >= 0.6 is 0 Å². The summed E-state index contributed by atoms with van der Waals surface area (Å²) >= 11 is 0. The summed E-state index contributed by atoms with van der Waals surface area (Å²) in [7, 11) is 2.06. The minimum atomic E-state index is 0.417. The van der Waals surface area contributed by atoms with Crippen molar-refractivity contribution in [3.63, 3.8) is 0 Å². The summed E-state index contributed by atoms with van der Waals surface area (Å²) < 4.78 is 0. The van der Waals surface area contributed by atoms with E-state index in [0.29, 0.717) is 6.04 Å². The van der Waals surface area contributed by atoms with E-state index in [1.165, 1.54) is 5.57 Å². The van der Waals surface area contributed by atoms with Crippen LogP contribution in [-0.4, -0.2) is 24.6 Å². The minimum absolute atomic E-state index is 0.417. The van der Waals surface area contributed by atoms with E-state index in [9.17, 15) is 0 Å². The van der Waals surface area contributed by atoms with Crippen LogP contribution < -0.4 is 5.43 Å². The Morgan fingerprint density at radius 1 is 1.62 bits per heavy atom. The van der Waals surface area contributed by atoms with Crippen LogP contribution in [-0.2, 0) is 0 Å². The number of hydrogen-bond acceptors (Lipinski definition) is 2. The molecule has 1 aliphatic heterocycles. The SMILES string of the molecule is C=C/C=C(\C(=C)C)C1CCN(C)N1. The third-order valence-electron chi connectivity index (χ3n) is 2.30. The molecule has 0 spiro atoms. The van der Waals surface area contributed by atoms with Crippen LogP contribution in [0, 0.1) is 0 Å².